The summed E-state index contributed by atoms with van der Waals surface area (Å²) in [4.78, 5) is 14.4. The first-order chi connectivity index (χ1) is 10.6. The van der Waals surface area contributed by atoms with Crippen LogP contribution in [0.4, 0.5) is 0 Å². The first-order valence-corrected chi connectivity index (χ1v) is 8.32. The Morgan fingerprint density at radius 3 is 2.82 bits per heavy atom. The molecule has 1 amide bonds. The average Bonchev–Trinajstić information content (AvgIpc) is 3.09. The quantitative estimate of drug-likeness (QED) is 0.819. The molecular formula is C19H26N2O. The summed E-state index contributed by atoms with van der Waals surface area (Å²) in [6.45, 7) is 1.65. The second-order valence-corrected chi connectivity index (χ2v) is 7.02. The Hall–Kier alpha value is -1.61. The Morgan fingerprint density at radius 2 is 2.14 bits per heavy atom. The van der Waals surface area contributed by atoms with Crippen molar-refractivity contribution >= 4 is 5.91 Å². The van der Waals surface area contributed by atoms with E-state index in [9.17, 15) is 4.79 Å². The lowest BCUT2D eigenvalue weighted by molar-refractivity contribution is 0.0950. The predicted octanol–water partition coefficient (Wildman–Crippen LogP) is 3.08. The van der Waals surface area contributed by atoms with Gasteiger partial charge in [-0.15, -0.1) is 0 Å². The summed E-state index contributed by atoms with van der Waals surface area (Å²) < 4.78 is 0. The van der Waals surface area contributed by atoms with Crippen LogP contribution in [0.3, 0.4) is 0 Å². The van der Waals surface area contributed by atoms with Crippen LogP contribution in [0.1, 0.15) is 35.2 Å². The molecule has 0 spiro atoms. The van der Waals surface area contributed by atoms with Crippen LogP contribution in [-0.4, -0.2) is 31.4 Å². The zero-order valence-electron chi connectivity index (χ0n) is 13.6. The van der Waals surface area contributed by atoms with Gasteiger partial charge in [-0.05, 0) is 68.8 Å². The maximum absolute atomic E-state index is 12.3. The van der Waals surface area contributed by atoms with Crippen molar-refractivity contribution in [1.29, 1.82) is 0 Å². The lowest BCUT2D eigenvalue weighted by Gasteiger charge is -2.18. The van der Waals surface area contributed by atoms with Gasteiger partial charge in [-0.25, -0.2) is 0 Å². The average molecular weight is 298 g/mol. The Kier molecular flexibility index (Phi) is 4.63. The molecule has 2 bridgehead atoms. The van der Waals surface area contributed by atoms with Gasteiger partial charge in [0.25, 0.3) is 5.91 Å². The third-order valence-corrected chi connectivity index (χ3v) is 4.91. The summed E-state index contributed by atoms with van der Waals surface area (Å²) in [7, 11) is 4.08. The number of carbonyl (C=O) groups excluding carboxylic acids is 1. The Bertz CT molecular complexity index is 564. The van der Waals surface area contributed by atoms with E-state index in [2.05, 4.69) is 28.4 Å². The van der Waals surface area contributed by atoms with Gasteiger partial charge in [0.2, 0.25) is 0 Å². The number of nitrogens with one attached hydrogen (secondary N) is 1. The number of benzene rings is 1. The van der Waals surface area contributed by atoms with Gasteiger partial charge < -0.3 is 10.2 Å². The van der Waals surface area contributed by atoms with E-state index in [1.165, 1.54) is 18.4 Å². The van der Waals surface area contributed by atoms with Crippen molar-refractivity contribution in [3.05, 3.63) is 47.5 Å². The van der Waals surface area contributed by atoms with E-state index >= 15 is 0 Å². The molecule has 1 aromatic carbocycles. The molecule has 0 aliphatic heterocycles. The molecule has 0 heterocycles. The highest BCUT2D eigenvalue weighted by Crippen LogP contribution is 2.44. The third kappa shape index (κ3) is 3.58. The molecule has 1 fully saturated rings. The number of fused-ring (bicyclic) bond motifs is 2. The molecule has 2 aliphatic carbocycles. The summed E-state index contributed by atoms with van der Waals surface area (Å²) in [5.41, 5.74) is 1.95. The van der Waals surface area contributed by atoms with Gasteiger partial charge in [-0.1, -0.05) is 24.3 Å². The minimum absolute atomic E-state index is 0.0549. The highest BCUT2D eigenvalue weighted by atomic mass is 16.1. The molecule has 0 radical (unpaired) electrons. The summed E-state index contributed by atoms with van der Waals surface area (Å²) in [5, 5.41) is 3.09. The van der Waals surface area contributed by atoms with Crippen molar-refractivity contribution in [3.63, 3.8) is 0 Å². The zero-order valence-corrected chi connectivity index (χ0v) is 13.6. The lowest BCUT2D eigenvalue weighted by atomic mass is 9.90. The smallest absolute Gasteiger partial charge is 0.251 e. The fraction of sp³-hybridized carbons (Fsp3) is 0.526. The van der Waals surface area contributed by atoms with E-state index in [0.29, 0.717) is 0 Å². The largest absolute Gasteiger partial charge is 0.352 e. The SMILES string of the molecule is CN(C)Cc1cccc(C(=O)NCC[C@@H]2C[C@@H]3C=C[C@H]2C3)c1. The van der Waals surface area contributed by atoms with Gasteiger partial charge in [-0.2, -0.15) is 0 Å². The van der Waals surface area contributed by atoms with Crippen LogP contribution in [-0.2, 0) is 6.54 Å². The van der Waals surface area contributed by atoms with Crippen molar-refractivity contribution in [2.24, 2.45) is 17.8 Å². The van der Waals surface area contributed by atoms with Crippen LogP contribution in [0.15, 0.2) is 36.4 Å². The maximum atomic E-state index is 12.3. The van der Waals surface area contributed by atoms with E-state index in [4.69, 9.17) is 0 Å². The number of allylic oxidation sites excluding steroid dienone is 2. The van der Waals surface area contributed by atoms with Gasteiger partial charge in [0, 0.05) is 18.7 Å². The molecule has 1 aromatic rings. The number of amides is 1. The predicted molar refractivity (Wildman–Crippen MR) is 89.6 cm³/mol. The molecule has 3 nitrogen and oxygen atoms in total. The molecule has 1 N–H and O–H groups in total. The van der Waals surface area contributed by atoms with Crippen molar-refractivity contribution in [3.8, 4) is 0 Å². The molecular weight excluding hydrogens is 272 g/mol. The summed E-state index contributed by atoms with van der Waals surface area (Å²) >= 11 is 0. The summed E-state index contributed by atoms with van der Waals surface area (Å²) in [5.74, 6) is 2.41. The minimum atomic E-state index is 0.0549. The minimum Gasteiger partial charge on any atom is -0.352 e. The fourth-order valence-electron chi connectivity index (χ4n) is 3.88. The van der Waals surface area contributed by atoms with Crippen LogP contribution in [0, 0.1) is 17.8 Å². The van der Waals surface area contributed by atoms with Crippen molar-refractivity contribution < 1.29 is 4.79 Å². The van der Waals surface area contributed by atoms with E-state index in [0.717, 1.165) is 42.8 Å². The molecule has 2 aliphatic rings. The van der Waals surface area contributed by atoms with Gasteiger partial charge in [0.1, 0.15) is 0 Å². The van der Waals surface area contributed by atoms with Gasteiger partial charge in [0.15, 0.2) is 0 Å². The number of hydrogen-bond donors (Lipinski definition) is 1. The number of nitrogens with zero attached hydrogens (tertiary/aromatic N) is 1. The number of carbonyl (C=O) groups is 1. The lowest BCUT2D eigenvalue weighted by Crippen LogP contribution is -2.27. The van der Waals surface area contributed by atoms with Crippen molar-refractivity contribution in [2.75, 3.05) is 20.6 Å². The molecule has 0 aromatic heterocycles. The zero-order chi connectivity index (χ0) is 15.5. The third-order valence-electron chi connectivity index (χ3n) is 4.91. The van der Waals surface area contributed by atoms with Crippen LogP contribution in [0.25, 0.3) is 0 Å². The first kappa shape index (κ1) is 15.3. The number of rotatable bonds is 6. The van der Waals surface area contributed by atoms with E-state index < -0.39 is 0 Å². The van der Waals surface area contributed by atoms with Crippen molar-refractivity contribution in [2.45, 2.75) is 25.8 Å². The summed E-state index contributed by atoms with van der Waals surface area (Å²) in [6.07, 6.45) is 8.51. The Labute approximate surface area is 133 Å². The number of hydrogen-bond acceptors (Lipinski definition) is 2. The normalized spacial score (nSPS) is 25.9. The second-order valence-electron chi connectivity index (χ2n) is 7.02. The molecule has 118 valence electrons. The van der Waals surface area contributed by atoms with Gasteiger partial charge >= 0.3 is 0 Å². The molecule has 3 rings (SSSR count). The van der Waals surface area contributed by atoms with E-state index in [1.807, 2.05) is 32.3 Å². The van der Waals surface area contributed by atoms with Crippen LogP contribution < -0.4 is 5.32 Å². The van der Waals surface area contributed by atoms with Gasteiger partial charge in [0.05, 0.1) is 0 Å². The molecule has 3 heteroatoms. The topological polar surface area (TPSA) is 32.3 Å². The van der Waals surface area contributed by atoms with Crippen LogP contribution in [0.5, 0.6) is 0 Å². The molecule has 3 atom stereocenters. The van der Waals surface area contributed by atoms with Crippen LogP contribution in [0.2, 0.25) is 0 Å². The van der Waals surface area contributed by atoms with E-state index in [-0.39, 0.29) is 5.91 Å². The highest BCUT2D eigenvalue weighted by Gasteiger charge is 2.34. The van der Waals surface area contributed by atoms with E-state index in [1.54, 1.807) is 0 Å². The summed E-state index contributed by atoms with van der Waals surface area (Å²) in [6, 6.07) is 7.93. The molecule has 0 unspecified atom stereocenters. The standard InChI is InChI=1S/C19H26N2O/c1-21(2)13-15-4-3-5-18(12-15)19(22)20-9-8-17-11-14-6-7-16(17)10-14/h3-7,12,14,16-17H,8-11,13H2,1-2H3,(H,20,22)/t14-,16+,17-/m1/s1. The highest BCUT2D eigenvalue weighted by molar-refractivity contribution is 5.94. The van der Waals surface area contributed by atoms with Crippen LogP contribution >= 0.6 is 0 Å². The molecule has 22 heavy (non-hydrogen) atoms. The Morgan fingerprint density at radius 1 is 1.27 bits per heavy atom. The van der Waals surface area contributed by atoms with Crippen molar-refractivity contribution in [1.82, 2.24) is 10.2 Å². The fourth-order valence-corrected chi connectivity index (χ4v) is 3.88. The van der Waals surface area contributed by atoms with Gasteiger partial charge in [-0.3, -0.25) is 4.79 Å². The monoisotopic (exact) mass is 298 g/mol. The maximum Gasteiger partial charge on any atom is 0.251 e. The Balaban J connectivity index is 1.48. The first-order valence-electron chi connectivity index (χ1n) is 8.32. The second kappa shape index (κ2) is 6.66. The molecule has 0 saturated heterocycles. The molecule has 1 saturated carbocycles.